The van der Waals surface area contributed by atoms with Gasteiger partial charge >= 0.3 is 6.18 Å². The van der Waals surface area contributed by atoms with E-state index in [2.05, 4.69) is 14.5 Å². The Balaban J connectivity index is 1.56. The Bertz CT molecular complexity index is 739. The zero-order valence-corrected chi connectivity index (χ0v) is 13.4. The molecule has 3 atom stereocenters. The summed E-state index contributed by atoms with van der Waals surface area (Å²) in [5.41, 5.74) is -0.820. The van der Waals surface area contributed by atoms with Crippen LogP contribution in [0, 0.1) is 18.8 Å². The molecule has 2 aromatic rings. The molecule has 2 fully saturated rings. The number of aromatic nitrogens is 3. The fourth-order valence-corrected chi connectivity index (χ4v) is 4.26. The predicted molar refractivity (Wildman–Crippen MR) is 83.7 cm³/mol. The number of hydrogen-bond donors (Lipinski definition) is 0. The normalized spacial score (nSPS) is 26.8. The van der Waals surface area contributed by atoms with Crippen LogP contribution >= 0.6 is 0 Å². The van der Waals surface area contributed by atoms with Crippen LogP contribution in [-0.2, 0) is 6.18 Å². The van der Waals surface area contributed by atoms with Gasteiger partial charge in [-0.1, -0.05) is 6.07 Å². The van der Waals surface area contributed by atoms with Gasteiger partial charge in [-0.15, -0.1) is 0 Å². The molecule has 3 heterocycles. The number of anilines is 1. The maximum absolute atomic E-state index is 12.9. The SMILES string of the molecule is Cc1nccn1[C@H]1CC[C@@H]2CN(c3cccc(C(F)(F)F)n3)C[C@@H]21. The minimum Gasteiger partial charge on any atom is -0.356 e. The molecule has 24 heavy (non-hydrogen) atoms. The first kappa shape index (κ1) is 15.5. The number of hydrogen-bond acceptors (Lipinski definition) is 3. The summed E-state index contributed by atoms with van der Waals surface area (Å²) in [5, 5.41) is 0. The fraction of sp³-hybridized carbons (Fsp3) is 0.529. The lowest BCUT2D eigenvalue weighted by Crippen LogP contribution is -2.25. The topological polar surface area (TPSA) is 34.0 Å². The number of nitrogens with zero attached hydrogens (tertiary/aromatic N) is 4. The molecule has 0 amide bonds. The second-order valence-corrected chi connectivity index (χ2v) is 6.73. The van der Waals surface area contributed by atoms with Gasteiger partial charge < -0.3 is 9.47 Å². The van der Waals surface area contributed by atoms with Crippen molar-refractivity contribution in [3.63, 3.8) is 0 Å². The monoisotopic (exact) mass is 336 g/mol. The van der Waals surface area contributed by atoms with Crippen molar-refractivity contribution >= 4 is 5.82 Å². The summed E-state index contributed by atoms with van der Waals surface area (Å²) < 4.78 is 40.9. The zero-order chi connectivity index (χ0) is 16.9. The fourth-order valence-electron chi connectivity index (χ4n) is 4.26. The Morgan fingerprint density at radius 2 is 2.00 bits per heavy atom. The van der Waals surface area contributed by atoms with E-state index in [0.717, 1.165) is 37.8 Å². The summed E-state index contributed by atoms with van der Waals surface area (Å²) in [6, 6.07) is 4.52. The van der Waals surface area contributed by atoms with Gasteiger partial charge in [-0.3, -0.25) is 0 Å². The van der Waals surface area contributed by atoms with Crippen LogP contribution in [-0.4, -0.2) is 27.6 Å². The van der Waals surface area contributed by atoms with Gasteiger partial charge in [0.2, 0.25) is 0 Å². The molecule has 0 spiro atoms. The molecule has 1 aliphatic heterocycles. The molecule has 1 aliphatic carbocycles. The molecular weight excluding hydrogens is 317 g/mol. The maximum atomic E-state index is 12.9. The van der Waals surface area contributed by atoms with E-state index < -0.39 is 11.9 Å². The summed E-state index contributed by atoms with van der Waals surface area (Å²) in [5.74, 6) is 2.37. The Kier molecular flexibility index (Phi) is 3.54. The Morgan fingerprint density at radius 3 is 2.71 bits per heavy atom. The third-order valence-electron chi connectivity index (χ3n) is 5.39. The van der Waals surface area contributed by atoms with Crippen LogP contribution in [0.5, 0.6) is 0 Å². The largest absolute Gasteiger partial charge is 0.433 e. The van der Waals surface area contributed by atoms with Gasteiger partial charge in [0, 0.05) is 37.4 Å². The van der Waals surface area contributed by atoms with Crippen LogP contribution < -0.4 is 4.90 Å². The quantitative estimate of drug-likeness (QED) is 0.839. The summed E-state index contributed by atoms with van der Waals surface area (Å²) in [6.07, 6.45) is 1.62. The van der Waals surface area contributed by atoms with E-state index >= 15 is 0 Å². The average molecular weight is 336 g/mol. The van der Waals surface area contributed by atoms with Crippen molar-refractivity contribution < 1.29 is 13.2 Å². The van der Waals surface area contributed by atoms with Gasteiger partial charge in [-0.2, -0.15) is 13.2 Å². The first-order valence-corrected chi connectivity index (χ1v) is 8.22. The van der Waals surface area contributed by atoms with Gasteiger partial charge in [0.05, 0.1) is 0 Å². The van der Waals surface area contributed by atoms with E-state index in [9.17, 15) is 13.2 Å². The van der Waals surface area contributed by atoms with Gasteiger partial charge in [0.15, 0.2) is 0 Å². The number of fused-ring (bicyclic) bond motifs is 1. The van der Waals surface area contributed by atoms with Crippen molar-refractivity contribution in [3.05, 3.63) is 42.1 Å². The minimum absolute atomic E-state index is 0.383. The third-order valence-corrected chi connectivity index (χ3v) is 5.39. The van der Waals surface area contributed by atoms with Crippen LogP contribution in [0.15, 0.2) is 30.6 Å². The first-order valence-electron chi connectivity index (χ1n) is 8.22. The summed E-state index contributed by atoms with van der Waals surface area (Å²) in [4.78, 5) is 10.1. The second kappa shape index (κ2) is 5.50. The van der Waals surface area contributed by atoms with E-state index in [0.29, 0.717) is 23.7 Å². The van der Waals surface area contributed by atoms with E-state index in [1.165, 1.54) is 6.07 Å². The van der Waals surface area contributed by atoms with Crippen molar-refractivity contribution in [1.82, 2.24) is 14.5 Å². The summed E-state index contributed by atoms with van der Waals surface area (Å²) >= 11 is 0. The predicted octanol–water partition coefficient (Wildman–Crippen LogP) is 3.69. The molecule has 0 bridgehead atoms. The molecule has 2 aliphatic rings. The van der Waals surface area contributed by atoms with Crippen molar-refractivity contribution in [3.8, 4) is 0 Å². The molecule has 0 radical (unpaired) electrons. The minimum atomic E-state index is -4.40. The highest BCUT2D eigenvalue weighted by atomic mass is 19.4. The lowest BCUT2D eigenvalue weighted by molar-refractivity contribution is -0.141. The average Bonchev–Trinajstić information content (AvgIpc) is 3.22. The lowest BCUT2D eigenvalue weighted by Gasteiger charge is -2.23. The Hall–Kier alpha value is -2.05. The van der Waals surface area contributed by atoms with Gasteiger partial charge in [0.1, 0.15) is 17.3 Å². The first-order chi connectivity index (χ1) is 11.4. The van der Waals surface area contributed by atoms with Crippen LogP contribution in [0.2, 0.25) is 0 Å². The van der Waals surface area contributed by atoms with Crippen LogP contribution in [0.4, 0.5) is 19.0 Å². The standard InChI is InChI=1S/C17H19F3N4/c1-11-21-7-8-24(11)14-6-5-12-9-23(10-13(12)14)16-4-2-3-15(22-16)17(18,19)20/h2-4,7-8,12-14H,5-6,9-10H2,1H3/t12-,13+,14+/m1/s1. The third kappa shape index (κ3) is 2.56. The molecule has 0 unspecified atom stereocenters. The molecule has 4 nitrogen and oxygen atoms in total. The molecule has 2 aromatic heterocycles. The molecule has 4 rings (SSSR count). The highest BCUT2D eigenvalue weighted by molar-refractivity contribution is 5.42. The van der Waals surface area contributed by atoms with Crippen LogP contribution in [0.3, 0.4) is 0 Å². The molecule has 0 N–H and O–H groups in total. The molecule has 0 aromatic carbocycles. The van der Waals surface area contributed by atoms with Gasteiger partial charge in [-0.25, -0.2) is 9.97 Å². The number of pyridine rings is 1. The molecule has 7 heteroatoms. The molecule has 1 saturated carbocycles. The number of rotatable bonds is 2. The van der Waals surface area contributed by atoms with Crippen molar-refractivity contribution in [2.45, 2.75) is 32.0 Å². The van der Waals surface area contributed by atoms with Gasteiger partial charge in [0.25, 0.3) is 0 Å². The number of aryl methyl sites for hydroxylation is 1. The van der Waals surface area contributed by atoms with E-state index in [4.69, 9.17) is 0 Å². The summed E-state index contributed by atoms with van der Waals surface area (Å²) in [7, 11) is 0. The second-order valence-electron chi connectivity index (χ2n) is 6.73. The van der Waals surface area contributed by atoms with E-state index in [1.54, 1.807) is 6.07 Å². The van der Waals surface area contributed by atoms with E-state index in [-0.39, 0.29) is 0 Å². The number of alkyl halides is 3. The Morgan fingerprint density at radius 1 is 1.17 bits per heavy atom. The van der Waals surface area contributed by atoms with Crippen LogP contribution in [0.25, 0.3) is 0 Å². The van der Waals surface area contributed by atoms with Crippen molar-refractivity contribution in [1.29, 1.82) is 0 Å². The van der Waals surface area contributed by atoms with Crippen LogP contribution in [0.1, 0.15) is 30.4 Å². The smallest absolute Gasteiger partial charge is 0.356 e. The zero-order valence-electron chi connectivity index (χ0n) is 13.4. The maximum Gasteiger partial charge on any atom is 0.433 e. The number of halogens is 3. The lowest BCUT2D eigenvalue weighted by atomic mass is 9.97. The highest BCUT2D eigenvalue weighted by Crippen LogP contribution is 2.46. The molecule has 128 valence electrons. The highest BCUT2D eigenvalue weighted by Gasteiger charge is 2.44. The van der Waals surface area contributed by atoms with Crippen molar-refractivity contribution in [2.75, 3.05) is 18.0 Å². The molecule has 1 saturated heterocycles. The van der Waals surface area contributed by atoms with E-state index in [1.807, 2.05) is 24.2 Å². The summed E-state index contributed by atoms with van der Waals surface area (Å²) in [6.45, 7) is 3.53. The Labute approximate surface area is 138 Å². The molecular formula is C17H19F3N4. The number of imidazole rings is 1. The van der Waals surface area contributed by atoms with Gasteiger partial charge in [-0.05, 0) is 37.8 Å². The van der Waals surface area contributed by atoms with Crippen molar-refractivity contribution in [2.24, 2.45) is 11.8 Å².